The number of pyridine rings is 1. The van der Waals surface area contributed by atoms with Crippen molar-refractivity contribution in [2.75, 3.05) is 6.54 Å². The number of aromatic nitrogens is 1. The molecule has 0 aliphatic carbocycles. The smallest absolute Gasteiger partial charge is 0.287 e. The summed E-state index contributed by atoms with van der Waals surface area (Å²) in [5.41, 5.74) is 2.69. The van der Waals surface area contributed by atoms with E-state index in [-0.39, 0.29) is 17.7 Å². The molecule has 0 saturated carbocycles. The van der Waals surface area contributed by atoms with Crippen molar-refractivity contribution in [3.63, 3.8) is 0 Å². The second-order valence-corrected chi connectivity index (χ2v) is 7.88. The molecule has 1 saturated heterocycles. The number of benzene rings is 1. The van der Waals surface area contributed by atoms with E-state index in [1.54, 1.807) is 18.3 Å². The van der Waals surface area contributed by atoms with Crippen LogP contribution < -0.4 is 5.32 Å². The van der Waals surface area contributed by atoms with Gasteiger partial charge in [-0.1, -0.05) is 24.1 Å². The van der Waals surface area contributed by atoms with Crippen LogP contribution in [-0.4, -0.2) is 34.3 Å². The first-order valence-electron chi connectivity index (χ1n) is 10.8. The molecule has 1 aliphatic rings. The quantitative estimate of drug-likeness (QED) is 0.608. The Morgan fingerprint density at radius 1 is 1.19 bits per heavy atom. The predicted octanol–water partition coefficient (Wildman–Crippen LogP) is 3.75. The van der Waals surface area contributed by atoms with Crippen LogP contribution in [0, 0.1) is 12.3 Å². The summed E-state index contributed by atoms with van der Waals surface area (Å²) < 4.78 is 5.22. The van der Waals surface area contributed by atoms with E-state index in [1.165, 1.54) is 6.26 Å². The number of amides is 2. The van der Waals surface area contributed by atoms with Gasteiger partial charge in [-0.15, -0.1) is 6.42 Å². The maximum Gasteiger partial charge on any atom is 0.287 e. The molecular formula is C26H25N3O3. The Morgan fingerprint density at radius 2 is 2.03 bits per heavy atom. The highest BCUT2D eigenvalue weighted by Gasteiger charge is 2.33. The zero-order valence-electron chi connectivity index (χ0n) is 17.7. The van der Waals surface area contributed by atoms with Gasteiger partial charge in [-0.05, 0) is 60.7 Å². The van der Waals surface area contributed by atoms with Gasteiger partial charge in [0.05, 0.1) is 12.3 Å². The molecule has 1 aromatic carbocycles. The Bertz CT molecular complexity index is 1090. The number of rotatable bonds is 6. The van der Waals surface area contributed by atoms with Gasteiger partial charge >= 0.3 is 0 Å². The molecule has 1 N–H and O–H groups in total. The summed E-state index contributed by atoms with van der Waals surface area (Å²) in [6.45, 7) is 0.640. The fraction of sp³-hybridized carbons (Fsp3) is 0.269. The molecule has 0 bridgehead atoms. The van der Waals surface area contributed by atoms with Gasteiger partial charge in [0, 0.05) is 30.9 Å². The first kappa shape index (κ1) is 21.4. The Balaban J connectivity index is 1.60. The standard InChI is InChI=1S/C26H25N3O3/c1-2-19-10-12-20(13-11-19)17-22(28-25(30)24-9-6-16-32-24)26(31)29-15-4-3-8-23(29)21-7-5-14-27-18-21/h1,5-7,9-14,16,18,22-23H,3-4,8,15,17H2,(H,28,30)/t22-,23+/m0/s1. The van der Waals surface area contributed by atoms with Gasteiger partial charge < -0.3 is 14.6 Å². The molecule has 3 aromatic rings. The molecule has 1 fully saturated rings. The average Bonchev–Trinajstić information content (AvgIpc) is 3.39. The van der Waals surface area contributed by atoms with Crippen molar-refractivity contribution in [1.82, 2.24) is 15.2 Å². The fourth-order valence-electron chi connectivity index (χ4n) is 4.13. The van der Waals surface area contributed by atoms with E-state index < -0.39 is 11.9 Å². The summed E-state index contributed by atoms with van der Waals surface area (Å²) in [7, 11) is 0. The van der Waals surface area contributed by atoms with Crippen molar-refractivity contribution < 1.29 is 14.0 Å². The lowest BCUT2D eigenvalue weighted by molar-refractivity contribution is -0.137. The molecule has 2 atom stereocenters. The summed E-state index contributed by atoms with van der Waals surface area (Å²) >= 11 is 0. The molecule has 4 rings (SSSR count). The van der Waals surface area contributed by atoms with E-state index in [2.05, 4.69) is 16.2 Å². The molecular weight excluding hydrogens is 402 g/mol. The SMILES string of the molecule is C#Cc1ccc(C[C@H](NC(=O)c2ccco2)C(=O)N2CCCC[C@@H]2c2cccnc2)cc1. The lowest BCUT2D eigenvalue weighted by atomic mass is 9.94. The van der Waals surface area contributed by atoms with Crippen LogP contribution in [0.15, 0.2) is 71.6 Å². The number of hydrogen-bond donors (Lipinski definition) is 1. The maximum absolute atomic E-state index is 13.7. The normalized spacial score (nSPS) is 16.7. The van der Waals surface area contributed by atoms with Gasteiger partial charge in [0.25, 0.3) is 5.91 Å². The highest BCUT2D eigenvalue weighted by Crippen LogP contribution is 2.31. The number of likely N-dealkylation sites (tertiary alicyclic amines) is 1. The van der Waals surface area contributed by atoms with E-state index in [0.717, 1.165) is 36.0 Å². The first-order valence-corrected chi connectivity index (χ1v) is 10.8. The number of furan rings is 1. The number of terminal acetylenes is 1. The minimum Gasteiger partial charge on any atom is -0.459 e. The summed E-state index contributed by atoms with van der Waals surface area (Å²) in [6.07, 6.45) is 13.6. The monoisotopic (exact) mass is 427 g/mol. The third-order valence-electron chi connectivity index (χ3n) is 5.76. The minimum absolute atomic E-state index is 0.0585. The van der Waals surface area contributed by atoms with Crippen molar-refractivity contribution in [3.8, 4) is 12.3 Å². The van der Waals surface area contributed by atoms with Crippen LogP contribution in [0.25, 0.3) is 0 Å². The second-order valence-electron chi connectivity index (χ2n) is 7.88. The van der Waals surface area contributed by atoms with Gasteiger partial charge in [-0.3, -0.25) is 14.6 Å². The molecule has 0 spiro atoms. The maximum atomic E-state index is 13.7. The third kappa shape index (κ3) is 4.89. The molecule has 3 heterocycles. The number of carbonyl (C=O) groups excluding carboxylic acids is 2. The number of carbonyl (C=O) groups is 2. The average molecular weight is 428 g/mol. The number of nitrogens with one attached hydrogen (secondary N) is 1. The van der Waals surface area contributed by atoms with Crippen LogP contribution in [0.3, 0.4) is 0 Å². The zero-order valence-corrected chi connectivity index (χ0v) is 17.7. The fourth-order valence-corrected chi connectivity index (χ4v) is 4.13. The van der Waals surface area contributed by atoms with Crippen LogP contribution in [0.1, 0.15) is 52.5 Å². The molecule has 32 heavy (non-hydrogen) atoms. The van der Waals surface area contributed by atoms with E-state index >= 15 is 0 Å². The highest BCUT2D eigenvalue weighted by molar-refractivity contribution is 5.95. The topological polar surface area (TPSA) is 75.4 Å². The highest BCUT2D eigenvalue weighted by atomic mass is 16.3. The molecule has 6 nitrogen and oxygen atoms in total. The van der Waals surface area contributed by atoms with E-state index in [1.807, 2.05) is 47.5 Å². The molecule has 6 heteroatoms. The van der Waals surface area contributed by atoms with Gasteiger partial charge in [0.15, 0.2) is 5.76 Å². The predicted molar refractivity (Wildman–Crippen MR) is 121 cm³/mol. The molecule has 0 radical (unpaired) electrons. The molecule has 1 aliphatic heterocycles. The number of nitrogens with zero attached hydrogens (tertiary/aromatic N) is 2. The van der Waals surface area contributed by atoms with Crippen LogP contribution in [0.4, 0.5) is 0 Å². The van der Waals surface area contributed by atoms with Crippen LogP contribution >= 0.6 is 0 Å². The van der Waals surface area contributed by atoms with Crippen molar-refractivity contribution in [2.45, 2.75) is 37.8 Å². The van der Waals surface area contributed by atoms with Gasteiger partial charge in [0.1, 0.15) is 6.04 Å². The molecule has 0 unspecified atom stereocenters. The Morgan fingerprint density at radius 3 is 2.72 bits per heavy atom. The first-order chi connectivity index (χ1) is 15.7. The van der Waals surface area contributed by atoms with Crippen molar-refractivity contribution >= 4 is 11.8 Å². The van der Waals surface area contributed by atoms with E-state index in [9.17, 15) is 9.59 Å². The Kier molecular flexibility index (Phi) is 6.66. The summed E-state index contributed by atoms with van der Waals surface area (Å²) in [6, 6.07) is 13.8. The van der Waals surface area contributed by atoms with Crippen LogP contribution in [0.5, 0.6) is 0 Å². The molecule has 2 amide bonds. The van der Waals surface area contributed by atoms with E-state index in [4.69, 9.17) is 10.8 Å². The van der Waals surface area contributed by atoms with Crippen LogP contribution in [-0.2, 0) is 11.2 Å². The lowest BCUT2D eigenvalue weighted by Gasteiger charge is -2.38. The summed E-state index contributed by atoms with van der Waals surface area (Å²) in [5, 5.41) is 2.89. The Labute approximate surface area is 187 Å². The van der Waals surface area contributed by atoms with Gasteiger partial charge in [-0.25, -0.2) is 0 Å². The Hall–Kier alpha value is -3.85. The molecule has 2 aromatic heterocycles. The lowest BCUT2D eigenvalue weighted by Crippen LogP contribution is -2.51. The summed E-state index contributed by atoms with van der Waals surface area (Å²) in [5.74, 6) is 2.24. The van der Waals surface area contributed by atoms with Gasteiger partial charge in [-0.2, -0.15) is 0 Å². The largest absolute Gasteiger partial charge is 0.459 e. The van der Waals surface area contributed by atoms with Crippen molar-refractivity contribution in [1.29, 1.82) is 0 Å². The van der Waals surface area contributed by atoms with Gasteiger partial charge in [0.2, 0.25) is 5.91 Å². The zero-order chi connectivity index (χ0) is 22.3. The number of hydrogen-bond acceptors (Lipinski definition) is 4. The second kappa shape index (κ2) is 9.97. The van der Waals surface area contributed by atoms with Crippen molar-refractivity contribution in [3.05, 3.63) is 89.6 Å². The third-order valence-corrected chi connectivity index (χ3v) is 5.76. The van der Waals surface area contributed by atoms with Crippen molar-refractivity contribution in [2.24, 2.45) is 0 Å². The van der Waals surface area contributed by atoms with E-state index in [0.29, 0.717) is 13.0 Å². The molecule has 162 valence electrons. The number of piperidine rings is 1. The summed E-state index contributed by atoms with van der Waals surface area (Å²) in [4.78, 5) is 32.6. The minimum atomic E-state index is -0.735. The van der Waals surface area contributed by atoms with Crippen LogP contribution in [0.2, 0.25) is 0 Å².